The quantitative estimate of drug-likeness (QED) is 0.872. The van der Waals surface area contributed by atoms with Crippen molar-refractivity contribution in [1.82, 2.24) is 9.97 Å². The lowest BCUT2D eigenvalue weighted by molar-refractivity contribution is 0.144. The molecule has 0 radical (unpaired) electrons. The van der Waals surface area contributed by atoms with Crippen LogP contribution in [0.25, 0.3) is 10.9 Å². The molecule has 1 aliphatic rings. The molecule has 3 rings (SSSR count). The van der Waals surface area contributed by atoms with Crippen molar-refractivity contribution >= 4 is 16.7 Å². The molecule has 0 amide bonds. The molecule has 0 saturated heterocycles. The molecule has 1 heterocycles. The molecule has 0 bridgehead atoms. The lowest BCUT2D eigenvalue weighted by atomic mass is 9.77. The van der Waals surface area contributed by atoms with Gasteiger partial charge >= 0.3 is 0 Å². The number of nitrogens with one attached hydrogen (secondary N) is 1. The number of halogens is 1. The molecule has 2 N–H and O–H groups in total. The molecule has 94 valence electrons. The zero-order chi connectivity index (χ0) is 12.6. The highest BCUT2D eigenvalue weighted by Gasteiger charge is 2.36. The molecule has 18 heavy (non-hydrogen) atoms. The molecule has 0 spiro atoms. The van der Waals surface area contributed by atoms with Crippen LogP contribution >= 0.6 is 0 Å². The van der Waals surface area contributed by atoms with Gasteiger partial charge in [0.2, 0.25) is 0 Å². The minimum atomic E-state index is -0.357. The number of hydrogen-bond donors (Lipinski definition) is 2. The molecule has 1 fully saturated rings. The van der Waals surface area contributed by atoms with Gasteiger partial charge in [0.15, 0.2) is 0 Å². The number of rotatable bonds is 3. The number of benzene rings is 1. The first kappa shape index (κ1) is 11.3. The molecule has 1 aliphatic carbocycles. The summed E-state index contributed by atoms with van der Waals surface area (Å²) in [4.78, 5) is 8.12. The summed E-state index contributed by atoms with van der Waals surface area (Å²) in [5.74, 6) is 0.234. The zero-order valence-electron chi connectivity index (χ0n) is 9.86. The zero-order valence-corrected chi connectivity index (χ0v) is 9.86. The lowest BCUT2D eigenvalue weighted by Crippen LogP contribution is -2.48. The van der Waals surface area contributed by atoms with E-state index >= 15 is 0 Å². The lowest BCUT2D eigenvalue weighted by Gasteiger charge is -2.41. The minimum Gasteiger partial charge on any atom is -0.394 e. The molecule has 5 heteroatoms. The second-order valence-electron chi connectivity index (χ2n) is 4.78. The molecular formula is C13H14FN3O. The van der Waals surface area contributed by atoms with Crippen LogP contribution in [0.15, 0.2) is 24.5 Å². The fraction of sp³-hybridized carbons (Fsp3) is 0.385. The number of anilines is 1. The highest BCUT2D eigenvalue weighted by Crippen LogP contribution is 2.35. The SMILES string of the molecule is OCC1(Nc2ncnc3c(F)cccc23)CCC1. The van der Waals surface area contributed by atoms with Crippen LogP contribution in [-0.2, 0) is 0 Å². The van der Waals surface area contributed by atoms with Gasteiger partial charge < -0.3 is 10.4 Å². The van der Waals surface area contributed by atoms with Crippen molar-refractivity contribution in [2.24, 2.45) is 0 Å². The average molecular weight is 247 g/mol. The molecule has 0 aliphatic heterocycles. The highest BCUT2D eigenvalue weighted by atomic mass is 19.1. The Balaban J connectivity index is 2.04. The van der Waals surface area contributed by atoms with E-state index in [1.807, 2.05) is 0 Å². The van der Waals surface area contributed by atoms with Gasteiger partial charge in [0.1, 0.15) is 23.5 Å². The third-order valence-corrected chi connectivity index (χ3v) is 3.61. The Labute approximate surface area is 104 Å². The number of fused-ring (bicyclic) bond motifs is 1. The summed E-state index contributed by atoms with van der Waals surface area (Å²) in [7, 11) is 0. The van der Waals surface area contributed by atoms with Crippen LogP contribution < -0.4 is 5.32 Å². The molecule has 0 atom stereocenters. The Morgan fingerprint density at radius 2 is 2.17 bits per heavy atom. The highest BCUT2D eigenvalue weighted by molar-refractivity contribution is 5.89. The number of hydrogen-bond acceptors (Lipinski definition) is 4. The number of aliphatic hydroxyl groups excluding tert-OH is 1. The largest absolute Gasteiger partial charge is 0.394 e. The maximum Gasteiger partial charge on any atom is 0.149 e. The van der Waals surface area contributed by atoms with E-state index in [1.165, 1.54) is 12.4 Å². The van der Waals surface area contributed by atoms with Crippen LogP contribution in [0.5, 0.6) is 0 Å². The van der Waals surface area contributed by atoms with Crippen LogP contribution in [0.2, 0.25) is 0 Å². The molecular weight excluding hydrogens is 233 g/mol. The van der Waals surface area contributed by atoms with Crippen molar-refractivity contribution < 1.29 is 9.50 Å². The van der Waals surface area contributed by atoms with E-state index < -0.39 is 0 Å². The summed E-state index contributed by atoms with van der Waals surface area (Å²) in [6, 6.07) is 4.80. The number of nitrogens with zero attached hydrogens (tertiary/aromatic N) is 2. The summed E-state index contributed by atoms with van der Waals surface area (Å²) in [5, 5.41) is 13.3. The summed E-state index contributed by atoms with van der Waals surface area (Å²) in [5.41, 5.74) is 0.00978. The second-order valence-corrected chi connectivity index (χ2v) is 4.78. The topological polar surface area (TPSA) is 58.0 Å². The van der Waals surface area contributed by atoms with Crippen LogP contribution in [0, 0.1) is 5.82 Å². The number of aliphatic hydroxyl groups is 1. The van der Waals surface area contributed by atoms with Crippen molar-refractivity contribution in [2.75, 3.05) is 11.9 Å². The van der Waals surface area contributed by atoms with E-state index in [9.17, 15) is 9.50 Å². The Morgan fingerprint density at radius 1 is 1.33 bits per heavy atom. The van der Waals surface area contributed by atoms with Gasteiger partial charge in [-0.15, -0.1) is 0 Å². The van der Waals surface area contributed by atoms with Gasteiger partial charge in [0.25, 0.3) is 0 Å². The molecule has 1 aromatic carbocycles. The first-order chi connectivity index (χ1) is 8.74. The average Bonchev–Trinajstić information content (AvgIpc) is 2.35. The van der Waals surface area contributed by atoms with E-state index in [0.717, 1.165) is 19.3 Å². The van der Waals surface area contributed by atoms with Gasteiger partial charge in [-0.3, -0.25) is 0 Å². The first-order valence-corrected chi connectivity index (χ1v) is 6.02. The van der Waals surface area contributed by atoms with Crippen molar-refractivity contribution in [1.29, 1.82) is 0 Å². The van der Waals surface area contributed by atoms with Gasteiger partial charge in [-0.2, -0.15) is 0 Å². The van der Waals surface area contributed by atoms with Crippen LogP contribution in [0.1, 0.15) is 19.3 Å². The van der Waals surface area contributed by atoms with Gasteiger partial charge in [0, 0.05) is 5.39 Å². The van der Waals surface area contributed by atoms with Crippen molar-refractivity contribution in [3.8, 4) is 0 Å². The molecule has 2 aromatic rings. The van der Waals surface area contributed by atoms with Gasteiger partial charge in [-0.05, 0) is 31.4 Å². The molecule has 1 saturated carbocycles. The Kier molecular flexibility index (Phi) is 2.63. The van der Waals surface area contributed by atoms with Gasteiger partial charge in [0.05, 0.1) is 12.1 Å². The first-order valence-electron chi connectivity index (χ1n) is 6.02. The molecule has 4 nitrogen and oxygen atoms in total. The van der Waals surface area contributed by atoms with Crippen LogP contribution in [-0.4, -0.2) is 27.2 Å². The third-order valence-electron chi connectivity index (χ3n) is 3.61. The van der Waals surface area contributed by atoms with E-state index in [4.69, 9.17) is 0 Å². The standard InChI is InChI=1S/C13H14FN3O/c14-10-4-1-3-9-11(10)15-8-16-12(9)17-13(7-18)5-2-6-13/h1,3-4,8,18H,2,5-7H2,(H,15,16,17). The second kappa shape index (κ2) is 4.17. The fourth-order valence-electron chi connectivity index (χ4n) is 2.33. The van der Waals surface area contributed by atoms with Gasteiger partial charge in [-0.25, -0.2) is 14.4 Å². The minimum absolute atomic E-state index is 0.0633. The van der Waals surface area contributed by atoms with Crippen molar-refractivity contribution in [3.05, 3.63) is 30.3 Å². The Bertz CT molecular complexity index is 578. The number of para-hydroxylation sites is 1. The Morgan fingerprint density at radius 3 is 2.83 bits per heavy atom. The monoisotopic (exact) mass is 247 g/mol. The van der Waals surface area contributed by atoms with E-state index in [2.05, 4.69) is 15.3 Å². The normalized spacial score (nSPS) is 17.4. The summed E-state index contributed by atoms with van der Waals surface area (Å²) in [6.07, 6.45) is 4.25. The summed E-state index contributed by atoms with van der Waals surface area (Å²) >= 11 is 0. The molecule has 1 aromatic heterocycles. The van der Waals surface area contributed by atoms with E-state index in [0.29, 0.717) is 16.7 Å². The maximum atomic E-state index is 13.6. The maximum absolute atomic E-state index is 13.6. The predicted octanol–water partition coefficient (Wildman–Crippen LogP) is 2.10. The van der Waals surface area contributed by atoms with Crippen molar-refractivity contribution in [3.63, 3.8) is 0 Å². The summed E-state index contributed by atoms with van der Waals surface area (Å²) in [6.45, 7) is 0.0633. The third kappa shape index (κ3) is 1.71. The van der Waals surface area contributed by atoms with E-state index in [1.54, 1.807) is 12.1 Å². The Hall–Kier alpha value is -1.75. The van der Waals surface area contributed by atoms with Gasteiger partial charge in [-0.1, -0.05) is 6.07 Å². The van der Waals surface area contributed by atoms with Crippen molar-refractivity contribution in [2.45, 2.75) is 24.8 Å². The van der Waals surface area contributed by atoms with Crippen LogP contribution in [0.4, 0.5) is 10.2 Å². The number of aromatic nitrogens is 2. The fourth-order valence-corrected chi connectivity index (χ4v) is 2.33. The summed E-state index contributed by atoms with van der Waals surface area (Å²) < 4.78 is 13.6. The van der Waals surface area contributed by atoms with Crippen LogP contribution in [0.3, 0.4) is 0 Å². The smallest absolute Gasteiger partial charge is 0.149 e. The van der Waals surface area contributed by atoms with E-state index in [-0.39, 0.29) is 18.0 Å². The molecule has 0 unspecified atom stereocenters. The predicted molar refractivity (Wildman–Crippen MR) is 66.8 cm³/mol.